The van der Waals surface area contributed by atoms with E-state index in [1.807, 2.05) is 0 Å². The van der Waals surface area contributed by atoms with Crippen molar-refractivity contribution in [2.45, 2.75) is 51.5 Å². The van der Waals surface area contributed by atoms with Gasteiger partial charge in [0.1, 0.15) is 0 Å². The third-order valence-corrected chi connectivity index (χ3v) is 5.00. The molecule has 0 spiro atoms. The average molecular weight is 286 g/mol. The molecule has 1 aromatic rings. The van der Waals surface area contributed by atoms with E-state index in [0.29, 0.717) is 17.9 Å². The highest BCUT2D eigenvalue weighted by atomic mass is 16.2. The lowest BCUT2D eigenvalue weighted by Gasteiger charge is -2.35. The third kappa shape index (κ3) is 3.39. The lowest BCUT2D eigenvalue weighted by Crippen LogP contribution is -2.47. The van der Waals surface area contributed by atoms with E-state index in [1.165, 1.54) is 17.7 Å². The number of hydrogen-bond donors (Lipinski definition) is 1. The second kappa shape index (κ2) is 6.50. The van der Waals surface area contributed by atoms with Crippen molar-refractivity contribution < 1.29 is 4.79 Å². The molecule has 0 atom stereocenters. The molecule has 1 aliphatic heterocycles. The van der Waals surface area contributed by atoms with Gasteiger partial charge >= 0.3 is 0 Å². The summed E-state index contributed by atoms with van der Waals surface area (Å²) in [7, 11) is 0. The molecule has 114 valence electrons. The summed E-state index contributed by atoms with van der Waals surface area (Å²) in [6, 6.07) is 9.22. The van der Waals surface area contributed by atoms with Gasteiger partial charge in [0.05, 0.1) is 0 Å². The quantitative estimate of drug-likeness (QED) is 0.922. The Morgan fingerprint density at radius 1 is 1.24 bits per heavy atom. The molecule has 1 heterocycles. The van der Waals surface area contributed by atoms with Crippen molar-refractivity contribution in [1.82, 2.24) is 5.32 Å². The summed E-state index contributed by atoms with van der Waals surface area (Å²) in [5.41, 5.74) is 2.73. The van der Waals surface area contributed by atoms with Crippen LogP contribution in [0.2, 0.25) is 0 Å². The highest BCUT2D eigenvalue weighted by Gasteiger charge is 2.28. The lowest BCUT2D eigenvalue weighted by atomic mass is 9.84. The zero-order valence-electron chi connectivity index (χ0n) is 13.0. The van der Waals surface area contributed by atoms with Gasteiger partial charge in [-0.05, 0) is 49.8 Å². The number of carbonyl (C=O) groups is 1. The molecule has 3 rings (SSSR count). The van der Waals surface area contributed by atoms with E-state index >= 15 is 0 Å². The summed E-state index contributed by atoms with van der Waals surface area (Å²) < 4.78 is 0. The Balaban J connectivity index is 1.51. The fourth-order valence-corrected chi connectivity index (χ4v) is 3.24. The van der Waals surface area contributed by atoms with E-state index in [9.17, 15) is 4.79 Å². The largest absolute Gasteiger partial charge is 0.371 e. The van der Waals surface area contributed by atoms with Crippen LogP contribution in [0.5, 0.6) is 0 Å². The minimum Gasteiger partial charge on any atom is -0.371 e. The second-order valence-corrected chi connectivity index (χ2v) is 6.42. The van der Waals surface area contributed by atoms with Crippen LogP contribution in [0, 0.1) is 5.92 Å². The highest BCUT2D eigenvalue weighted by Crippen LogP contribution is 2.27. The molecule has 1 aliphatic carbocycles. The number of rotatable bonds is 4. The SMILES string of the molecule is CCc1cccc(N2CCC(NC(=O)C3CCC3)CC2)c1. The van der Waals surface area contributed by atoms with Gasteiger partial charge in [-0.1, -0.05) is 25.5 Å². The van der Waals surface area contributed by atoms with Crippen LogP contribution in [0.1, 0.15) is 44.6 Å². The predicted octanol–water partition coefficient (Wildman–Crippen LogP) is 3.13. The van der Waals surface area contributed by atoms with Crippen LogP contribution in [0.15, 0.2) is 24.3 Å². The Labute approximate surface area is 127 Å². The van der Waals surface area contributed by atoms with Crippen LogP contribution < -0.4 is 10.2 Å². The lowest BCUT2D eigenvalue weighted by molar-refractivity contribution is -0.128. The van der Waals surface area contributed by atoms with E-state index in [4.69, 9.17) is 0 Å². The summed E-state index contributed by atoms with van der Waals surface area (Å²) in [6.45, 7) is 4.28. The fourth-order valence-electron chi connectivity index (χ4n) is 3.24. The molecule has 3 nitrogen and oxygen atoms in total. The molecule has 1 N–H and O–H groups in total. The van der Waals surface area contributed by atoms with E-state index in [1.54, 1.807) is 0 Å². The maximum atomic E-state index is 12.0. The van der Waals surface area contributed by atoms with Gasteiger partial charge in [0.15, 0.2) is 0 Å². The zero-order valence-corrected chi connectivity index (χ0v) is 13.0. The van der Waals surface area contributed by atoms with Gasteiger partial charge in [-0.15, -0.1) is 0 Å². The number of amides is 1. The Morgan fingerprint density at radius 3 is 2.62 bits per heavy atom. The van der Waals surface area contributed by atoms with Gasteiger partial charge in [0.25, 0.3) is 0 Å². The molecular formula is C18H26N2O. The molecule has 2 aliphatic rings. The molecule has 0 unspecified atom stereocenters. The van der Waals surface area contributed by atoms with Gasteiger partial charge in [-0.25, -0.2) is 0 Å². The first-order valence-corrected chi connectivity index (χ1v) is 8.40. The van der Waals surface area contributed by atoms with Crippen LogP contribution in [0.25, 0.3) is 0 Å². The number of benzene rings is 1. The van der Waals surface area contributed by atoms with Crippen molar-refractivity contribution in [1.29, 1.82) is 0 Å². The summed E-state index contributed by atoms with van der Waals surface area (Å²) in [6.07, 6.45) is 6.62. The smallest absolute Gasteiger partial charge is 0.223 e. The van der Waals surface area contributed by atoms with Crippen LogP contribution in [0.4, 0.5) is 5.69 Å². The number of carbonyl (C=O) groups excluding carboxylic acids is 1. The monoisotopic (exact) mass is 286 g/mol. The summed E-state index contributed by atoms with van der Waals surface area (Å²) in [5, 5.41) is 3.25. The molecule has 1 saturated carbocycles. The first-order valence-electron chi connectivity index (χ1n) is 8.40. The van der Waals surface area contributed by atoms with Crippen molar-refractivity contribution in [2.24, 2.45) is 5.92 Å². The molecular weight excluding hydrogens is 260 g/mol. The van der Waals surface area contributed by atoms with Crippen LogP contribution >= 0.6 is 0 Å². The topological polar surface area (TPSA) is 32.3 Å². The van der Waals surface area contributed by atoms with Gasteiger partial charge in [0, 0.05) is 30.7 Å². The first kappa shape index (κ1) is 14.4. The highest BCUT2D eigenvalue weighted by molar-refractivity contribution is 5.79. The molecule has 0 radical (unpaired) electrons. The third-order valence-electron chi connectivity index (χ3n) is 5.00. The number of piperidine rings is 1. The number of hydrogen-bond acceptors (Lipinski definition) is 2. The Bertz CT molecular complexity index is 488. The van der Waals surface area contributed by atoms with Crippen molar-refractivity contribution in [3.8, 4) is 0 Å². The minimum absolute atomic E-state index is 0.299. The number of aryl methyl sites for hydroxylation is 1. The van der Waals surface area contributed by atoms with Crippen molar-refractivity contribution in [3.05, 3.63) is 29.8 Å². The summed E-state index contributed by atoms with van der Waals surface area (Å²) in [5.74, 6) is 0.608. The normalized spacial score (nSPS) is 20.1. The Morgan fingerprint density at radius 2 is 2.00 bits per heavy atom. The molecule has 2 fully saturated rings. The van der Waals surface area contributed by atoms with Gasteiger partial charge < -0.3 is 10.2 Å². The first-order chi connectivity index (χ1) is 10.3. The fraction of sp³-hybridized carbons (Fsp3) is 0.611. The van der Waals surface area contributed by atoms with Gasteiger partial charge in [-0.3, -0.25) is 4.79 Å². The maximum absolute atomic E-state index is 12.0. The predicted molar refractivity (Wildman–Crippen MR) is 86.5 cm³/mol. The molecule has 1 saturated heterocycles. The average Bonchev–Trinajstić information content (AvgIpc) is 2.46. The molecule has 0 aromatic heterocycles. The number of anilines is 1. The molecule has 21 heavy (non-hydrogen) atoms. The van der Waals surface area contributed by atoms with Crippen molar-refractivity contribution >= 4 is 11.6 Å². The Hall–Kier alpha value is -1.51. The van der Waals surface area contributed by atoms with Crippen LogP contribution in [0.3, 0.4) is 0 Å². The summed E-state index contributed by atoms with van der Waals surface area (Å²) >= 11 is 0. The molecule has 1 aromatic carbocycles. The number of nitrogens with one attached hydrogen (secondary N) is 1. The van der Waals surface area contributed by atoms with Crippen LogP contribution in [-0.4, -0.2) is 25.0 Å². The Kier molecular flexibility index (Phi) is 4.47. The maximum Gasteiger partial charge on any atom is 0.223 e. The second-order valence-electron chi connectivity index (χ2n) is 6.42. The van der Waals surface area contributed by atoms with E-state index in [-0.39, 0.29) is 0 Å². The minimum atomic E-state index is 0.299. The van der Waals surface area contributed by atoms with Gasteiger partial charge in [-0.2, -0.15) is 0 Å². The van der Waals surface area contributed by atoms with Crippen molar-refractivity contribution in [2.75, 3.05) is 18.0 Å². The number of nitrogens with zero attached hydrogens (tertiary/aromatic N) is 1. The van der Waals surface area contributed by atoms with Crippen molar-refractivity contribution in [3.63, 3.8) is 0 Å². The molecule has 0 bridgehead atoms. The summed E-state index contributed by atoms with van der Waals surface area (Å²) in [4.78, 5) is 14.5. The van der Waals surface area contributed by atoms with Gasteiger partial charge in [0.2, 0.25) is 5.91 Å². The molecule has 1 amide bonds. The van der Waals surface area contributed by atoms with E-state index < -0.39 is 0 Å². The van der Waals surface area contributed by atoms with E-state index in [2.05, 4.69) is 41.4 Å². The standard InChI is InChI=1S/C18H26N2O/c1-2-14-5-3-8-17(13-14)20-11-9-16(10-12-20)19-18(21)15-6-4-7-15/h3,5,8,13,15-16H,2,4,6-7,9-12H2,1H3,(H,19,21). The molecule has 3 heteroatoms. The van der Waals surface area contributed by atoms with Crippen LogP contribution in [-0.2, 0) is 11.2 Å². The van der Waals surface area contributed by atoms with E-state index in [0.717, 1.165) is 45.2 Å². The zero-order chi connectivity index (χ0) is 14.7.